The molecule has 2 atom stereocenters. The number of benzene rings is 1. The number of rotatable bonds is 5. The van der Waals surface area contributed by atoms with Crippen LogP contribution >= 0.6 is 0 Å². The van der Waals surface area contributed by atoms with Crippen molar-refractivity contribution in [1.29, 1.82) is 0 Å². The van der Waals surface area contributed by atoms with E-state index in [-0.39, 0.29) is 12.1 Å². The van der Waals surface area contributed by atoms with Gasteiger partial charge in [-0.25, -0.2) is 0 Å². The largest absolute Gasteiger partial charge is 0.394 e. The normalized spacial score (nSPS) is 21.9. The summed E-state index contributed by atoms with van der Waals surface area (Å²) in [5.41, 5.74) is 2.52. The highest BCUT2D eigenvalue weighted by Gasteiger charge is 2.29. The second-order valence-corrected chi connectivity index (χ2v) is 6.07. The van der Waals surface area contributed by atoms with Crippen molar-refractivity contribution in [3.8, 4) is 0 Å². The Bertz CT molecular complexity index is 421. The molecule has 3 heteroatoms. The van der Waals surface area contributed by atoms with Gasteiger partial charge < -0.3 is 15.3 Å². The first kappa shape index (κ1) is 14.4. The summed E-state index contributed by atoms with van der Waals surface area (Å²) in [4.78, 5) is 2.42. The van der Waals surface area contributed by atoms with E-state index in [4.69, 9.17) is 0 Å². The number of hydrogen-bond acceptors (Lipinski definition) is 3. The molecule has 1 aromatic carbocycles. The van der Waals surface area contributed by atoms with Gasteiger partial charge in [0, 0.05) is 18.8 Å². The van der Waals surface area contributed by atoms with Crippen LogP contribution in [0.15, 0.2) is 24.3 Å². The van der Waals surface area contributed by atoms with Gasteiger partial charge in [0.2, 0.25) is 0 Å². The van der Waals surface area contributed by atoms with Crippen molar-refractivity contribution < 1.29 is 5.11 Å². The molecule has 1 aliphatic heterocycles. The van der Waals surface area contributed by atoms with Gasteiger partial charge in [-0.1, -0.05) is 32.0 Å². The number of anilines is 1. The van der Waals surface area contributed by atoms with Crippen LogP contribution in [0.4, 0.5) is 5.69 Å². The fraction of sp³-hybridized carbons (Fsp3) is 0.625. The molecule has 0 aromatic heterocycles. The molecule has 0 spiro atoms. The lowest BCUT2D eigenvalue weighted by Gasteiger charge is -2.41. The molecule has 0 fully saturated rings. The molecule has 2 unspecified atom stereocenters. The zero-order valence-electron chi connectivity index (χ0n) is 12.3. The maximum Gasteiger partial charge on any atom is 0.0627 e. The maximum atomic E-state index is 9.67. The van der Waals surface area contributed by atoms with Crippen LogP contribution in [0.25, 0.3) is 0 Å². The highest BCUT2D eigenvalue weighted by atomic mass is 16.3. The second kappa shape index (κ2) is 5.93. The first-order chi connectivity index (χ1) is 9.08. The van der Waals surface area contributed by atoms with Crippen LogP contribution in [-0.2, 0) is 6.42 Å². The van der Waals surface area contributed by atoms with Gasteiger partial charge in [-0.2, -0.15) is 0 Å². The van der Waals surface area contributed by atoms with Gasteiger partial charge in [0.1, 0.15) is 0 Å². The Labute approximate surface area is 116 Å². The van der Waals surface area contributed by atoms with Crippen LogP contribution in [0.2, 0.25) is 0 Å². The second-order valence-electron chi connectivity index (χ2n) is 6.07. The maximum absolute atomic E-state index is 9.67. The molecular formula is C16H26N2O. The van der Waals surface area contributed by atoms with E-state index in [9.17, 15) is 5.11 Å². The highest BCUT2D eigenvalue weighted by molar-refractivity contribution is 5.56. The fourth-order valence-electron chi connectivity index (χ4n) is 3.07. The minimum atomic E-state index is -0.237. The zero-order valence-corrected chi connectivity index (χ0v) is 12.3. The Morgan fingerprint density at radius 2 is 2.16 bits per heavy atom. The van der Waals surface area contributed by atoms with E-state index in [0.29, 0.717) is 5.92 Å². The molecule has 2 rings (SSSR count). The lowest BCUT2D eigenvalue weighted by atomic mass is 9.92. The Balaban J connectivity index is 2.20. The monoisotopic (exact) mass is 262 g/mol. The summed E-state index contributed by atoms with van der Waals surface area (Å²) in [5, 5.41) is 13.1. The summed E-state index contributed by atoms with van der Waals surface area (Å²) in [6.07, 6.45) is 1.16. The number of likely N-dealkylation sites (N-methyl/N-ethyl adjacent to an activating group) is 1. The van der Waals surface area contributed by atoms with E-state index in [0.717, 1.165) is 26.1 Å². The van der Waals surface area contributed by atoms with E-state index in [1.807, 2.05) is 0 Å². The summed E-state index contributed by atoms with van der Waals surface area (Å²) >= 11 is 0. The molecule has 1 aromatic rings. The first-order valence-electron chi connectivity index (χ1n) is 7.26. The third kappa shape index (κ3) is 3.28. The van der Waals surface area contributed by atoms with Gasteiger partial charge in [-0.05, 0) is 37.4 Å². The zero-order chi connectivity index (χ0) is 13.9. The average molecular weight is 262 g/mol. The first-order valence-corrected chi connectivity index (χ1v) is 7.26. The molecule has 1 heterocycles. The Morgan fingerprint density at radius 1 is 1.42 bits per heavy atom. The number of aliphatic hydroxyl groups is 1. The van der Waals surface area contributed by atoms with Crippen LogP contribution in [0.1, 0.15) is 26.3 Å². The number of hydrogen-bond donors (Lipinski definition) is 2. The SMILES string of the molecule is CCNC(C)(CO)CN1CC(C)Cc2ccccc21. The van der Waals surface area contributed by atoms with E-state index in [1.165, 1.54) is 11.3 Å². The van der Waals surface area contributed by atoms with E-state index in [1.54, 1.807) is 0 Å². The predicted molar refractivity (Wildman–Crippen MR) is 80.7 cm³/mol. The Morgan fingerprint density at radius 3 is 2.84 bits per heavy atom. The lowest BCUT2D eigenvalue weighted by molar-refractivity contribution is 0.178. The molecule has 0 saturated heterocycles. The summed E-state index contributed by atoms with van der Waals surface area (Å²) < 4.78 is 0. The average Bonchev–Trinajstić information content (AvgIpc) is 2.39. The molecule has 19 heavy (non-hydrogen) atoms. The Hall–Kier alpha value is -1.06. The van der Waals surface area contributed by atoms with E-state index < -0.39 is 0 Å². The number of nitrogens with zero attached hydrogens (tertiary/aromatic N) is 1. The van der Waals surface area contributed by atoms with Crippen molar-refractivity contribution in [2.75, 3.05) is 31.1 Å². The van der Waals surface area contributed by atoms with Crippen molar-refractivity contribution in [1.82, 2.24) is 5.32 Å². The molecule has 0 aliphatic carbocycles. The van der Waals surface area contributed by atoms with Crippen molar-refractivity contribution in [2.45, 2.75) is 32.7 Å². The fourth-order valence-corrected chi connectivity index (χ4v) is 3.07. The summed E-state index contributed by atoms with van der Waals surface area (Å²) in [7, 11) is 0. The van der Waals surface area contributed by atoms with Crippen molar-refractivity contribution in [3.05, 3.63) is 29.8 Å². The van der Waals surface area contributed by atoms with Crippen LogP contribution in [0.3, 0.4) is 0 Å². The van der Waals surface area contributed by atoms with E-state index in [2.05, 4.69) is 55.3 Å². The van der Waals surface area contributed by atoms with Crippen LogP contribution in [0, 0.1) is 5.92 Å². The van der Waals surface area contributed by atoms with E-state index >= 15 is 0 Å². The van der Waals surface area contributed by atoms with Gasteiger partial charge in [0.05, 0.1) is 12.1 Å². The van der Waals surface area contributed by atoms with Gasteiger partial charge in [-0.3, -0.25) is 0 Å². The van der Waals surface area contributed by atoms with Gasteiger partial charge in [-0.15, -0.1) is 0 Å². The minimum absolute atomic E-state index is 0.161. The summed E-state index contributed by atoms with van der Waals surface area (Å²) in [6, 6.07) is 8.64. The molecule has 0 radical (unpaired) electrons. The smallest absolute Gasteiger partial charge is 0.0627 e. The predicted octanol–water partition coefficient (Wildman–Crippen LogP) is 2.05. The summed E-state index contributed by atoms with van der Waals surface area (Å²) in [6.45, 7) is 9.43. The van der Waals surface area contributed by atoms with Gasteiger partial charge in [0.25, 0.3) is 0 Å². The van der Waals surface area contributed by atoms with Crippen molar-refractivity contribution in [3.63, 3.8) is 0 Å². The minimum Gasteiger partial charge on any atom is -0.394 e. The van der Waals surface area contributed by atoms with Crippen LogP contribution in [-0.4, -0.2) is 36.9 Å². The molecule has 0 bridgehead atoms. The standard InChI is InChI=1S/C16H26N2O/c1-4-17-16(3,12-19)11-18-10-13(2)9-14-7-5-6-8-15(14)18/h5-8,13,17,19H,4,9-12H2,1-3H3. The molecule has 2 N–H and O–H groups in total. The van der Waals surface area contributed by atoms with Gasteiger partial charge in [0.15, 0.2) is 0 Å². The summed E-state index contributed by atoms with van der Waals surface area (Å²) in [5.74, 6) is 0.666. The van der Waals surface area contributed by atoms with Crippen molar-refractivity contribution in [2.24, 2.45) is 5.92 Å². The highest BCUT2D eigenvalue weighted by Crippen LogP contribution is 2.30. The molecule has 1 aliphatic rings. The Kier molecular flexibility index (Phi) is 4.48. The molecule has 0 amide bonds. The quantitative estimate of drug-likeness (QED) is 0.852. The number of aliphatic hydroxyl groups excluding tert-OH is 1. The third-order valence-corrected chi connectivity index (χ3v) is 3.93. The van der Waals surface area contributed by atoms with Gasteiger partial charge >= 0.3 is 0 Å². The topological polar surface area (TPSA) is 35.5 Å². The number of para-hydroxylation sites is 1. The lowest BCUT2D eigenvalue weighted by Crippen LogP contribution is -2.55. The number of fused-ring (bicyclic) bond motifs is 1. The molecule has 3 nitrogen and oxygen atoms in total. The number of nitrogens with one attached hydrogen (secondary N) is 1. The molecule has 106 valence electrons. The van der Waals surface area contributed by atoms with Crippen LogP contribution in [0.5, 0.6) is 0 Å². The molecular weight excluding hydrogens is 236 g/mol. The molecule has 0 saturated carbocycles. The third-order valence-electron chi connectivity index (χ3n) is 3.93. The van der Waals surface area contributed by atoms with Crippen LogP contribution < -0.4 is 10.2 Å². The van der Waals surface area contributed by atoms with Crippen molar-refractivity contribution >= 4 is 5.69 Å².